The number of halogens is 1. The fourth-order valence-corrected chi connectivity index (χ4v) is 1.22. The molecule has 3 heteroatoms. The molecule has 1 N–H and O–H groups in total. The zero-order chi connectivity index (χ0) is 9.23. The summed E-state index contributed by atoms with van der Waals surface area (Å²) >= 11 is 5.70. The quantitative estimate of drug-likeness (QED) is 0.471. The molecular weight excluding hydrogens is 174 g/mol. The highest BCUT2D eigenvalue weighted by molar-refractivity contribution is 6.18. The first-order valence-corrected chi connectivity index (χ1v) is 5.25. The summed E-state index contributed by atoms with van der Waals surface area (Å²) in [5.74, 6) is 0.685. The van der Waals surface area contributed by atoms with Crippen LogP contribution in [0, 0.1) is 0 Å². The van der Waals surface area contributed by atoms with Gasteiger partial charge in [-0.15, -0.1) is 11.6 Å². The van der Waals surface area contributed by atoms with Gasteiger partial charge >= 0.3 is 0 Å². The molecule has 0 aliphatic rings. The molecule has 1 unspecified atom stereocenters. The normalized spacial score (nSPS) is 13.2. The molecule has 0 aromatic heterocycles. The molecule has 74 valence electrons. The van der Waals surface area contributed by atoms with Crippen molar-refractivity contribution < 1.29 is 4.74 Å². The Bertz CT molecular complexity index is 86.6. The highest BCUT2D eigenvalue weighted by Gasteiger charge is 2.01. The van der Waals surface area contributed by atoms with E-state index in [9.17, 15) is 0 Å². The van der Waals surface area contributed by atoms with Crippen LogP contribution in [-0.4, -0.2) is 31.7 Å². The highest BCUT2D eigenvalue weighted by atomic mass is 35.5. The van der Waals surface area contributed by atoms with Gasteiger partial charge < -0.3 is 10.1 Å². The molecule has 2 nitrogen and oxygen atoms in total. The lowest BCUT2D eigenvalue weighted by Crippen LogP contribution is -2.32. The third-order valence-electron chi connectivity index (χ3n) is 1.71. The molecule has 12 heavy (non-hydrogen) atoms. The van der Waals surface area contributed by atoms with Gasteiger partial charge in [-0.3, -0.25) is 0 Å². The van der Waals surface area contributed by atoms with Crippen LogP contribution in [0.25, 0.3) is 0 Å². The molecule has 0 aliphatic carbocycles. The zero-order valence-corrected chi connectivity index (χ0v) is 8.86. The van der Waals surface area contributed by atoms with Crippen LogP contribution in [-0.2, 0) is 4.74 Å². The van der Waals surface area contributed by atoms with Crippen molar-refractivity contribution in [3.63, 3.8) is 0 Å². The van der Waals surface area contributed by atoms with Gasteiger partial charge in [0.05, 0.1) is 6.61 Å². The lowest BCUT2D eigenvalue weighted by Gasteiger charge is -2.13. The second-order valence-electron chi connectivity index (χ2n) is 2.83. The Labute approximate surface area is 80.6 Å². The average Bonchev–Trinajstić information content (AvgIpc) is 2.11. The van der Waals surface area contributed by atoms with Gasteiger partial charge in [-0.05, 0) is 12.8 Å². The van der Waals surface area contributed by atoms with Gasteiger partial charge in [-0.1, -0.05) is 13.8 Å². The maximum absolute atomic E-state index is 5.70. The Morgan fingerprint density at radius 1 is 1.33 bits per heavy atom. The Hall–Kier alpha value is 0.210. The average molecular weight is 194 g/mol. The molecule has 0 fully saturated rings. The van der Waals surface area contributed by atoms with Crippen molar-refractivity contribution in [3.8, 4) is 0 Å². The zero-order valence-electron chi connectivity index (χ0n) is 8.11. The number of nitrogens with one attached hydrogen (secondary N) is 1. The number of hydrogen-bond acceptors (Lipinski definition) is 2. The van der Waals surface area contributed by atoms with Gasteiger partial charge in [-0.2, -0.15) is 0 Å². The minimum atomic E-state index is 0.442. The van der Waals surface area contributed by atoms with E-state index in [4.69, 9.17) is 16.3 Å². The number of alkyl halides is 1. The molecule has 0 saturated carbocycles. The Kier molecular flexibility index (Phi) is 9.46. The second kappa shape index (κ2) is 9.30. The standard InChI is InChI=1S/C9H20ClNO/c1-3-6-12-7-5-11-9(4-2)8-10/h9,11H,3-8H2,1-2H3. The second-order valence-corrected chi connectivity index (χ2v) is 3.13. The van der Waals surface area contributed by atoms with E-state index in [2.05, 4.69) is 19.2 Å². The highest BCUT2D eigenvalue weighted by Crippen LogP contribution is 1.92. The summed E-state index contributed by atoms with van der Waals surface area (Å²) in [5, 5.41) is 3.32. The molecule has 0 spiro atoms. The van der Waals surface area contributed by atoms with Crippen LogP contribution in [0.15, 0.2) is 0 Å². The van der Waals surface area contributed by atoms with Crippen LogP contribution in [0.2, 0.25) is 0 Å². The van der Waals surface area contributed by atoms with E-state index in [0.717, 1.165) is 32.6 Å². The van der Waals surface area contributed by atoms with E-state index >= 15 is 0 Å². The van der Waals surface area contributed by atoms with Crippen LogP contribution in [0.1, 0.15) is 26.7 Å². The minimum Gasteiger partial charge on any atom is -0.380 e. The van der Waals surface area contributed by atoms with Gasteiger partial charge in [0.2, 0.25) is 0 Å². The Morgan fingerprint density at radius 3 is 2.58 bits per heavy atom. The lowest BCUT2D eigenvalue weighted by atomic mass is 10.2. The van der Waals surface area contributed by atoms with Gasteiger partial charge in [0.15, 0.2) is 0 Å². The maximum atomic E-state index is 5.70. The summed E-state index contributed by atoms with van der Waals surface area (Å²) in [6, 6.07) is 0.442. The molecule has 0 bridgehead atoms. The summed E-state index contributed by atoms with van der Waals surface area (Å²) < 4.78 is 5.32. The van der Waals surface area contributed by atoms with Gasteiger partial charge in [0.25, 0.3) is 0 Å². The molecule has 0 aromatic rings. The monoisotopic (exact) mass is 193 g/mol. The van der Waals surface area contributed by atoms with Crippen molar-refractivity contribution in [2.45, 2.75) is 32.7 Å². The minimum absolute atomic E-state index is 0.442. The number of ether oxygens (including phenoxy) is 1. The van der Waals surface area contributed by atoms with Gasteiger partial charge in [0, 0.05) is 25.1 Å². The van der Waals surface area contributed by atoms with E-state index in [1.807, 2.05) is 0 Å². The number of rotatable bonds is 8. The van der Waals surface area contributed by atoms with Crippen LogP contribution in [0.4, 0.5) is 0 Å². The largest absolute Gasteiger partial charge is 0.380 e. The topological polar surface area (TPSA) is 21.3 Å². The predicted octanol–water partition coefficient (Wildman–Crippen LogP) is 2.02. The van der Waals surface area contributed by atoms with Gasteiger partial charge in [0.1, 0.15) is 0 Å². The predicted molar refractivity (Wildman–Crippen MR) is 53.9 cm³/mol. The fourth-order valence-electron chi connectivity index (χ4n) is 0.890. The van der Waals surface area contributed by atoms with Crippen molar-refractivity contribution in [2.75, 3.05) is 25.6 Å². The van der Waals surface area contributed by atoms with Crippen LogP contribution in [0.5, 0.6) is 0 Å². The molecule has 0 radical (unpaired) electrons. The first-order chi connectivity index (χ1) is 5.85. The van der Waals surface area contributed by atoms with Crippen molar-refractivity contribution in [1.82, 2.24) is 5.32 Å². The van der Waals surface area contributed by atoms with E-state index in [1.165, 1.54) is 0 Å². The van der Waals surface area contributed by atoms with Crippen LogP contribution >= 0.6 is 11.6 Å². The third-order valence-corrected chi connectivity index (χ3v) is 2.08. The van der Waals surface area contributed by atoms with E-state index in [0.29, 0.717) is 11.9 Å². The van der Waals surface area contributed by atoms with Crippen molar-refractivity contribution in [2.24, 2.45) is 0 Å². The molecule has 0 aromatic carbocycles. The van der Waals surface area contributed by atoms with E-state index in [-0.39, 0.29) is 0 Å². The van der Waals surface area contributed by atoms with Gasteiger partial charge in [-0.25, -0.2) is 0 Å². The maximum Gasteiger partial charge on any atom is 0.0591 e. The summed E-state index contributed by atoms with van der Waals surface area (Å²) in [6.45, 7) is 6.81. The summed E-state index contributed by atoms with van der Waals surface area (Å²) in [4.78, 5) is 0. The molecular formula is C9H20ClNO. The molecule has 0 rings (SSSR count). The van der Waals surface area contributed by atoms with Crippen molar-refractivity contribution in [3.05, 3.63) is 0 Å². The summed E-state index contributed by atoms with van der Waals surface area (Å²) in [7, 11) is 0. The summed E-state index contributed by atoms with van der Waals surface area (Å²) in [5.41, 5.74) is 0. The first kappa shape index (κ1) is 12.2. The van der Waals surface area contributed by atoms with Crippen LogP contribution in [0.3, 0.4) is 0 Å². The number of hydrogen-bond donors (Lipinski definition) is 1. The van der Waals surface area contributed by atoms with E-state index < -0.39 is 0 Å². The molecule has 1 atom stereocenters. The SMILES string of the molecule is CCCOCCNC(CC)CCl. The third kappa shape index (κ3) is 6.89. The van der Waals surface area contributed by atoms with Crippen LogP contribution < -0.4 is 5.32 Å². The summed E-state index contributed by atoms with van der Waals surface area (Å²) in [6.07, 6.45) is 2.17. The molecule has 0 saturated heterocycles. The smallest absolute Gasteiger partial charge is 0.0591 e. The van der Waals surface area contributed by atoms with Crippen molar-refractivity contribution >= 4 is 11.6 Å². The fraction of sp³-hybridized carbons (Fsp3) is 1.00. The lowest BCUT2D eigenvalue weighted by molar-refractivity contribution is 0.134. The molecule has 0 amide bonds. The Balaban J connectivity index is 3.06. The first-order valence-electron chi connectivity index (χ1n) is 4.72. The molecule has 0 aliphatic heterocycles. The van der Waals surface area contributed by atoms with Crippen molar-refractivity contribution in [1.29, 1.82) is 0 Å². The Morgan fingerprint density at radius 2 is 2.08 bits per heavy atom. The molecule has 0 heterocycles. The van der Waals surface area contributed by atoms with E-state index in [1.54, 1.807) is 0 Å².